The molecule has 0 bridgehead atoms. The van der Waals surface area contributed by atoms with Crippen LogP contribution in [-0.4, -0.2) is 112 Å². The van der Waals surface area contributed by atoms with E-state index in [0.717, 1.165) is 33.9 Å². The first kappa shape index (κ1) is 42.0. The van der Waals surface area contributed by atoms with E-state index >= 15 is 0 Å². The lowest BCUT2D eigenvalue weighted by molar-refractivity contribution is 0.540. The van der Waals surface area contributed by atoms with Gasteiger partial charge < -0.3 is 0 Å². The Morgan fingerprint density at radius 2 is 0.774 bits per heavy atom. The van der Waals surface area contributed by atoms with Gasteiger partial charge in [-0.2, -0.15) is 0 Å². The first-order valence-electron chi connectivity index (χ1n) is 22.4. The Kier molecular flexibility index (Phi) is 10.3. The molecule has 15 heteroatoms. The van der Waals surface area contributed by atoms with Crippen molar-refractivity contribution in [3.63, 3.8) is 0 Å². The average molecular weight is 780 g/mol. The zero-order valence-corrected chi connectivity index (χ0v) is 39.0. The normalized spacial score (nSPS) is 13.2. The van der Waals surface area contributed by atoms with Crippen LogP contribution < -0.4 is 38.2 Å². The lowest BCUT2D eigenvalue weighted by Crippen LogP contribution is -2.59. The minimum Gasteiger partial charge on any atom is -0.228 e. The van der Waals surface area contributed by atoms with E-state index in [2.05, 4.69) is 223 Å². The standard InChI is InChI=1S/C47H47B13N2/c48-37-32(38(49)39(50)33-34-36(41(52)43(54)42(53)40(34)51)45(35(33)37,46(55,56)57)47(58,59)60)29-20-19-28(26-13-7-8-14-27(26)29)31-21-30(61-44(62-31)25-11-5-2-6-12-25)24-17-15-23(16-18-24)22-9-3-1-4-10-22/h1-21H,48-60H2. The molecule has 9 rings (SSSR count). The van der Waals surface area contributed by atoms with Gasteiger partial charge in [-0.15, -0.1) is 10.9 Å². The molecule has 1 aliphatic rings. The number of rotatable bonds is 7. The molecule has 0 aliphatic heterocycles. The van der Waals surface area contributed by atoms with Crippen molar-refractivity contribution >= 4 is 151 Å². The van der Waals surface area contributed by atoms with E-state index in [1.54, 1.807) is 5.56 Å². The molecule has 1 heterocycles. The summed E-state index contributed by atoms with van der Waals surface area (Å²) in [6.07, 6.45) is 0. The molecule has 1 aliphatic carbocycles. The van der Waals surface area contributed by atoms with Crippen molar-refractivity contribution in [3.8, 4) is 67.3 Å². The molecule has 0 atom stereocenters. The van der Waals surface area contributed by atoms with Crippen molar-refractivity contribution in [2.24, 2.45) is 0 Å². The number of hydrogen-bond acceptors (Lipinski definition) is 2. The molecule has 2 nitrogen and oxygen atoms in total. The van der Waals surface area contributed by atoms with Crippen LogP contribution in [0.1, 0.15) is 11.1 Å². The van der Waals surface area contributed by atoms with Crippen LogP contribution in [0.15, 0.2) is 127 Å². The van der Waals surface area contributed by atoms with Crippen molar-refractivity contribution in [3.05, 3.63) is 139 Å². The fraction of sp³-hybridized carbons (Fsp3) is 0.0638. The molecule has 0 fully saturated rings. The van der Waals surface area contributed by atoms with Crippen molar-refractivity contribution in [1.82, 2.24) is 9.97 Å². The van der Waals surface area contributed by atoms with Gasteiger partial charge >= 0.3 is 0 Å². The van der Waals surface area contributed by atoms with Crippen LogP contribution >= 0.6 is 0 Å². The van der Waals surface area contributed by atoms with E-state index in [1.807, 2.05) is 6.07 Å². The van der Waals surface area contributed by atoms with Crippen LogP contribution in [0.2, 0.25) is 10.2 Å². The van der Waals surface area contributed by atoms with Crippen LogP contribution in [0.3, 0.4) is 0 Å². The summed E-state index contributed by atoms with van der Waals surface area (Å²) >= 11 is 0. The smallest absolute Gasteiger partial charge is 0.160 e. The van der Waals surface area contributed by atoms with Gasteiger partial charge in [0.1, 0.15) is 54.9 Å². The molecule has 0 spiro atoms. The Bertz CT molecular complexity index is 3090. The van der Waals surface area contributed by atoms with Crippen LogP contribution in [0, 0.1) is 0 Å². The monoisotopic (exact) mass is 782 g/mol. The van der Waals surface area contributed by atoms with Gasteiger partial charge in [0, 0.05) is 16.7 Å². The molecule has 0 amide bonds. The lowest BCUT2D eigenvalue weighted by atomic mass is 9.17. The van der Waals surface area contributed by atoms with Crippen LogP contribution in [0.25, 0.3) is 78.1 Å². The summed E-state index contributed by atoms with van der Waals surface area (Å²) < 4.78 is 0. The van der Waals surface area contributed by atoms with E-state index in [9.17, 15) is 0 Å². The maximum absolute atomic E-state index is 5.33. The maximum atomic E-state index is 5.33. The highest BCUT2D eigenvalue weighted by atomic mass is 14.9. The fourth-order valence-corrected chi connectivity index (χ4v) is 11.8. The topological polar surface area (TPSA) is 25.8 Å². The minimum absolute atomic E-state index is 0.0805. The highest BCUT2D eigenvalue weighted by molar-refractivity contribution is 6.70. The van der Waals surface area contributed by atoms with E-state index in [-0.39, 0.29) is 15.6 Å². The molecule has 0 radical (unpaired) electrons. The van der Waals surface area contributed by atoms with Crippen LogP contribution in [-0.2, 0) is 5.41 Å². The van der Waals surface area contributed by atoms with Gasteiger partial charge in [-0.25, -0.2) is 9.97 Å². The molecule has 0 saturated carbocycles. The van der Waals surface area contributed by atoms with E-state index in [4.69, 9.17) is 9.97 Å². The predicted molar refractivity (Wildman–Crippen MR) is 307 cm³/mol. The zero-order chi connectivity index (χ0) is 44.0. The number of nitrogens with zero attached hydrogens (tertiary/aromatic N) is 2. The lowest BCUT2D eigenvalue weighted by Gasteiger charge is -2.56. The molecular weight excluding hydrogens is 733 g/mol. The number of fused-ring (bicyclic) bond motifs is 4. The average Bonchev–Trinajstić information content (AvgIpc) is 3.62. The summed E-state index contributed by atoms with van der Waals surface area (Å²) in [6.45, 7) is 0. The van der Waals surface area contributed by atoms with Crippen molar-refractivity contribution in [2.75, 3.05) is 0 Å². The van der Waals surface area contributed by atoms with Gasteiger partial charge in [-0.05, 0) is 66.8 Å². The second kappa shape index (κ2) is 15.2. The third-order valence-electron chi connectivity index (χ3n) is 14.8. The number of hydrogen-bond donors (Lipinski definition) is 0. The summed E-state index contributed by atoms with van der Waals surface area (Å²) in [5, 5.41) is 2.26. The third kappa shape index (κ3) is 6.27. The Balaban J connectivity index is 1.29. The predicted octanol–water partition coefficient (Wildman–Crippen LogP) is -6.01. The number of aromatic nitrogens is 2. The first-order valence-corrected chi connectivity index (χ1v) is 22.4. The van der Waals surface area contributed by atoms with Crippen LogP contribution in [0.5, 0.6) is 0 Å². The van der Waals surface area contributed by atoms with Gasteiger partial charge in [0.25, 0.3) is 0 Å². The maximum Gasteiger partial charge on any atom is 0.160 e. The van der Waals surface area contributed by atoms with Gasteiger partial charge in [0.15, 0.2) is 5.82 Å². The molecule has 0 unspecified atom stereocenters. The van der Waals surface area contributed by atoms with E-state index in [1.165, 1.54) is 88.0 Å². The van der Waals surface area contributed by atoms with Crippen molar-refractivity contribution < 1.29 is 0 Å². The van der Waals surface area contributed by atoms with Crippen molar-refractivity contribution in [1.29, 1.82) is 0 Å². The fourth-order valence-electron chi connectivity index (χ4n) is 11.8. The summed E-state index contributed by atoms with van der Waals surface area (Å²) in [6, 6.07) is 45.5. The summed E-state index contributed by atoms with van der Waals surface area (Å²) in [5.41, 5.74) is 25.6. The Hall–Kier alpha value is -5.28. The molecule has 8 aromatic rings. The Labute approximate surface area is 380 Å². The van der Waals surface area contributed by atoms with E-state index in [0.29, 0.717) is 0 Å². The molecule has 62 heavy (non-hydrogen) atoms. The first-order chi connectivity index (χ1) is 29.5. The van der Waals surface area contributed by atoms with Crippen LogP contribution in [0.4, 0.5) is 0 Å². The molecule has 0 saturated heterocycles. The third-order valence-corrected chi connectivity index (χ3v) is 14.8. The summed E-state index contributed by atoms with van der Waals surface area (Å²) in [5.74, 6) is 0.718. The summed E-state index contributed by atoms with van der Waals surface area (Å²) in [7, 11) is 31.5. The molecule has 1 aromatic heterocycles. The Morgan fingerprint density at radius 1 is 0.355 bits per heavy atom. The van der Waals surface area contributed by atoms with Gasteiger partial charge in [-0.3, -0.25) is 0 Å². The minimum atomic E-state index is -0.241. The molecule has 7 aromatic carbocycles. The largest absolute Gasteiger partial charge is 0.228 e. The van der Waals surface area contributed by atoms with Gasteiger partial charge in [0.2, 0.25) is 0 Å². The van der Waals surface area contributed by atoms with E-state index < -0.39 is 0 Å². The zero-order valence-electron chi connectivity index (χ0n) is 39.0. The quantitative estimate of drug-likeness (QED) is 0.151. The summed E-state index contributed by atoms with van der Waals surface area (Å²) in [4.78, 5) is 10.5. The number of benzene rings is 7. The Morgan fingerprint density at radius 3 is 1.35 bits per heavy atom. The second-order valence-electron chi connectivity index (χ2n) is 20.0. The second-order valence-corrected chi connectivity index (χ2v) is 20.0. The molecular formula is C47H47B13N2. The SMILES string of the molecule is Bc1c(B)c(B)c2c(c1B)-c1c(B)c(B)c(-c3ccc(-c4cc(-c5ccc(-c6ccccc6)cc5)nc(-c5ccccc5)n4)c4ccccc34)c(B)c1C2(C(B)(B)B)C(B)(B)B. The highest BCUT2D eigenvalue weighted by Gasteiger charge is 2.58. The van der Waals surface area contributed by atoms with Crippen molar-refractivity contribution in [2.45, 2.75) is 15.6 Å². The van der Waals surface area contributed by atoms with Gasteiger partial charge in [0.05, 0.1) is 58.5 Å². The highest BCUT2D eigenvalue weighted by Crippen LogP contribution is 2.63. The molecule has 0 N–H and O–H groups in total. The molecule has 284 valence electrons. The van der Waals surface area contributed by atoms with Gasteiger partial charge in [-0.1, -0.05) is 159 Å².